The van der Waals surface area contributed by atoms with Crippen LogP contribution in [0.1, 0.15) is 10.5 Å². The van der Waals surface area contributed by atoms with Gasteiger partial charge in [-0.15, -0.1) is 0 Å². The number of halogens is 1. The van der Waals surface area contributed by atoms with Gasteiger partial charge in [0.05, 0.1) is 13.2 Å². The van der Waals surface area contributed by atoms with E-state index in [1.54, 1.807) is 18.0 Å². The van der Waals surface area contributed by atoms with Gasteiger partial charge in [-0.2, -0.15) is 5.10 Å². The largest absolute Gasteiger partial charge is 0.383 e. The Hall–Kier alpha value is -2.31. The summed E-state index contributed by atoms with van der Waals surface area (Å²) in [5.74, 6) is -0.120. The number of nitrogens with zero attached hydrogens (tertiary/aromatic N) is 3. The highest BCUT2D eigenvalue weighted by Gasteiger charge is 2.15. The molecule has 0 aliphatic carbocycles. The summed E-state index contributed by atoms with van der Waals surface area (Å²) in [5.41, 5.74) is 1.57. The molecule has 3 aromatic rings. The minimum atomic E-state index is -0.120. The number of hydrogen-bond acceptors (Lipinski definition) is 3. The summed E-state index contributed by atoms with van der Waals surface area (Å²) in [6.07, 6.45) is 3.58. The maximum atomic E-state index is 12.6. The van der Waals surface area contributed by atoms with Gasteiger partial charge in [-0.1, -0.05) is 11.6 Å². The molecule has 1 amide bonds. The second kappa shape index (κ2) is 7.51. The molecule has 0 bridgehead atoms. The number of methoxy groups -OCH3 is 1. The Morgan fingerprint density at radius 1 is 1.33 bits per heavy atom. The third kappa shape index (κ3) is 3.60. The van der Waals surface area contributed by atoms with Gasteiger partial charge >= 0.3 is 0 Å². The van der Waals surface area contributed by atoms with E-state index in [4.69, 9.17) is 16.3 Å². The molecule has 3 rings (SSSR count). The van der Waals surface area contributed by atoms with Crippen LogP contribution in [0, 0.1) is 0 Å². The van der Waals surface area contributed by atoms with E-state index in [9.17, 15) is 4.79 Å². The van der Waals surface area contributed by atoms with Gasteiger partial charge in [0.25, 0.3) is 5.91 Å². The molecule has 0 aliphatic heterocycles. The van der Waals surface area contributed by atoms with Crippen LogP contribution in [0.2, 0.25) is 5.02 Å². The number of ether oxygens (including phenoxy) is 1. The molecule has 0 saturated carbocycles. The Bertz CT molecular complexity index is 827. The molecule has 0 fully saturated rings. The Kier molecular flexibility index (Phi) is 5.17. The molecule has 126 valence electrons. The number of carbonyl (C=O) groups excluding carboxylic acids is 1. The Morgan fingerprint density at radius 2 is 2.21 bits per heavy atom. The van der Waals surface area contributed by atoms with Gasteiger partial charge in [0.2, 0.25) is 0 Å². The zero-order valence-corrected chi connectivity index (χ0v) is 14.2. The molecule has 2 aromatic heterocycles. The van der Waals surface area contributed by atoms with E-state index in [1.807, 2.05) is 41.1 Å². The first-order valence-corrected chi connectivity index (χ1v) is 8.10. The standard InChI is InChI=1S/C17H19ClN4O2/c1-24-10-9-22-15-4-3-14(18)11-13(15)12-16(22)17(23)19-6-8-21-7-2-5-20-21/h2-5,7,11-12H,6,8-10H2,1H3,(H,19,23). The molecule has 6 nitrogen and oxygen atoms in total. The molecule has 0 spiro atoms. The summed E-state index contributed by atoms with van der Waals surface area (Å²) in [6.45, 7) is 2.26. The number of amides is 1. The maximum Gasteiger partial charge on any atom is 0.268 e. The first-order valence-electron chi connectivity index (χ1n) is 7.72. The SMILES string of the molecule is COCCn1c(C(=O)NCCn2cccn2)cc2cc(Cl)ccc21. The van der Waals surface area contributed by atoms with Crippen molar-refractivity contribution in [1.82, 2.24) is 19.7 Å². The zero-order chi connectivity index (χ0) is 16.9. The average Bonchev–Trinajstić information content (AvgIpc) is 3.20. The lowest BCUT2D eigenvalue weighted by atomic mass is 10.2. The lowest BCUT2D eigenvalue weighted by Gasteiger charge is -2.11. The monoisotopic (exact) mass is 346 g/mol. The molecular weight excluding hydrogens is 328 g/mol. The fraction of sp³-hybridized carbons (Fsp3) is 0.294. The zero-order valence-electron chi connectivity index (χ0n) is 13.4. The molecule has 0 radical (unpaired) electrons. The average molecular weight is 347 g/mol. The van der Waals surface area contributed by atoms with E-state index in [2.05, 4.69) is 10.4 Å². The van der Waals surface area contributed by atoms with Crippen molar-refractivity contribution in [2.24, 2.45) is 0 Å². The normalized spacial score (nSPS) is 11.1. The van der Waals surface area contributed by atoms with Crippen molar-refractivity contribution in [3.8, 4) is 0 Å². The van der Waals surface area contributed by atoms with Crippen LogP contribution in [0.3, 0.4) is 0 Å². The van der Waals surface area contributed by atoms with E-state index in [1.165, 1.54) is 0 Å². The van der Waals surface area contributed by atoms with Gasteiger partial charge in [-0.25, -0.2) is 0 Å². The Balaban J connectivity index is 1.79. The van der Waals surface area contributed by atoms with Crippen LogP contribution in [0.15, 0.2) is 42.7 Å². The fourth-order valence-corrected chi connectivity index (χ4v) is 2.84. The molecule has 0 saturated heterocycles. The van der Waals surface area contributed by atoms with E-state index >= 15 is 0 Å². The number of carbonyl (C=O) groups is 1. The molecule has 7 heteroatoms. The number of fused-ring (bicyclic) bond motifs is 1. The van der Waals surface area contributed by atoms with Crippen LogP contribution < -0.4 is 5.32 Å². The summed E-state index contributed by atoms with van der Waals surface area (Å²) >= 11 is 6.06. The van der Waals surface area contributed by atoms with Crippen LogP contribution in [0.4, 0.5) is 0 Å². The molecule has 0 unspecified atom stereocenters. The van der Waals surface area contributed by atoms with Crippen molar-refractivity contribution in [3.63, 3.8) is 0 Å². The van der Waals surface area contributed by atoms with Crippen LogP contribution >= 0.6 is 11.6 Å². The second-order valence-corrected chi connectivity index (χ2v) is 5.84. The molecule has 2 heterocycles. The van der Waals surface area contributed by atoms with Crippen LogP contribution in [-0.2, 0) is 17.8 Å². The van der Waals surface area contributed by atoms with E-state index in [0.717, 1.165) is 10.9 Å². The molecule has 0 atom stereocenters. The molecule has 24 heavy (non-hydrogen) atoms. The minimum absolute atomic E-state index is 0.120. The third-order valence-corrected chi connectivity index (χ3v) is 4.04. The number of rotatable bonds is 7. The topological polar surface area (TPSA) is 61.1 Å². The van der Waals surface area contributed by atoms with E-state index in [-0.39, 0.29) is 5.91 Å². The van der Waals surface area contributed by atoms with Crippen molar-refractivity contribution in [2.45, 2.75) is 13.1 Å². The molecule has 1 N–H and O–H groups in total. The number of benzene rings is 1. The summed E-state index contributed by atoms with van der Waals surface area (Å²) in [6, 6.07) is 9.33. The third-order valence-electron chi connectivity index (χ3n) is 3.80. The smallest absolute Gasteiger partial charge is 0.268 e. The highest BCUT2D eigenvalue weighted by atomic mass is 35.5. The summed E-state index contributed by atoms with van der Waals surface area (Å²) in [5, 5.41) is 8.64. The molecule has 0 aliphatic rings. The number of hydrogen-bond donors (Lipinski definition) is 1. The predicted molar refractivity (Wildman–Crippen MR) is 93.4 cm³/mol. The lowest BCUT2D eigenvalue weighted by molar-refractivity contribution is 0.0940. The Morgan fingerprint density at radius 3 is 2.96 bits per heavy atom. The van der Waals surface area contributed by atoms with Gasteiger partial charge in [0, 0.05) is 48.5 Å². The first kappa shape index (κ1) is 16.5. The van der Waals surface area contributed by atoms with Crippen molar-refractivity contribution >= 4 is 28.4 Å². The summed E-state index contributed by atoms with van der Waals surface area (Å²) in [4.78, 5) is 12.6. The van der Waals surface area contributed by atoms with Crippen LogP contribution in [0.5, 0.6) is 0 Å². The van der Waals surface area contributed by atoms with Gasteiger partial charge in [-0.05, 0) is 30.3 Å². The minimum Gasteiger partial charge on any atom is -0.383 e. The van der Waals surface area contributed by atoms with Crippen LogP contribution in [0.25, 0.3) is 10.9 Å². The quantitative estimate of drug-likeness (QED) is 0.715. The molecular formula is C17H19ClN4O2. The summed E-state index contributed by atoms with van der Waals surface area (Å²) < 4.78 is 8.90. The highest BCUT2D eigenvalue weighted by Crippen LogP contribution is 2.23. The van der Waals surface area contributed by atoms with Gasteiger partial charge < -0.3 is 14.6 Å². The van der Waals surface area contributed by atoms with Crippen molar-refractivity contribution in [1.29, 1.82) is 0 Å². The number of nitrogens with one attached hydrogen (secondary N) is 1. The van der Waals surface area contributed by atoms with Crippen molar-refractivity contribution < 1.29 is 9.53 Å². The van der Waals surface area contributed by atoms with E-state index in [0.29, 0.717) is 37.0 Å². The Labute approximate surface area is 145 Å². The first-order chi connectivity index (χ1) is 11.7. The van der Waals surface area contributed by atoms with Crippen molar-refractivity contribution in [2.75, 3.05) is 20.3 Å². The second-order valence-electron chi connectivity index (χ2n) is 5.40. The van der Waals surface area contributed by atoms with Gasteiger partial charge in [0.15, 0.2) is 0 Å². The predicted octanol–water partition coefficient (Wildman–Crippen LogP) is 2.57. The molecule has 1 aromatic carbocycles. The van der Waals surface area contributed by atoms with Crippen molar-refractivity contribution in [3.05, 3.63) is 53.4 Å². The fourth-order valence-electron chi connectivity index (χ4n) is 2.66. The van der Waals surface area contributed by atoms with Gasteiger partial charge in [-0.3, -0.25) is 9.48 Å². The highest BCUT2D eigenvalue weighted by molar-refractivity contribution is 6.31. The van der Waals surface area contributed by atoms with E-state index < -0.39 is 0 Å². The summed E-state index contributed by atoms with van der Waals surface area (Å²) in [7, 11) is 1.65. The lowest BCUT2D eigenvalue weighted by Crippen LogP contribution is -2.29. The van der Waals surface area contributed by atoms with Gasteiger partial charge in [0.1, 0.15) is 5.69 Å². The number of aromatic nitrogens is 3. The van der Waals surface area contributed by atoms with Crippen LogP contribution in [-0.4, -0.2) is 40.5 Å². The maximum absolute atomic E-state index is 12.6.